The van der Waals surface area contributed by atoms with Gasteiger partial charge in [-0.05, 0) is 23.8 Å². The minimum absolute atomic E-state index is 0.142. The van der Waals surface area contributed by atoms with E-state index in [-0.39, 0.29) is 6.79 Å². The van der Waals surface area contributed by atoms with Crippen LogP contribution < -0.4 is 20.7 Å². The van der Waals surface area contributed by atoms with Crippen molar-refractivity contribution < 1.29 is 19.4 Å². The average molecular weight is 316 g/mol. The summed E-state index contributed by atoms with van der Waals surface area (Å²) in [7, 11) is 1.24. The largest absolute Gasteiger partial charge is 0.494 e. The van der Waals surface area contributed by atoms with Crippen LogP contribution >= 0.6 is 0 Å². The molecule has 0 saturated carbocycles. The molecule has 8 nitrogen and oxygen atoms in total. The van der Waals surface area contributed by atoms with Crippen LogP contribution in [0.4, 0.5) is 0 Å². The number of rotatable bonds is 3. The molecule has 0 unspecified atom stereocenters. The number of hydrogen-bond donors (Lipinski definition) is 2. The highest BCUT2D eigenvalue weighted by atomic mass is 16.7. The second-order valence-electron chi connectivity index (χ2n) is 4.83. The molecular weight excluding hydrogens is 304 g/mol. The topological polar surface area (TPSA) is 111 Å². The first-order chi connectivity index (χ1) is 11.0. The van der Waals surface area contributed by atoms with Gasteiger partial charge in [0.2, 0.25) is 12.7 Å². The highest BCUT2D eigenvalue weighted by Crippen LogP contribution is 2.32. The standard InChI is InChI=1S/C15H12N2O6/c1-17-14(20)12(13(19)16-15(17)21)9(18)4-2-8-3-5-10-11(6-8)23-7-22-10/h2-6,20H,7H2,1H3,(H,16,19,21)/b4-2+. The Morgan fingerprint density at radius 3 is 2.83 bits per heavy atom. The maximum Gasteiger partial charge on any atom is 0.330 e. The van der Waals surface area contributed by atoms with Crippen LogP contribution in [-0.2, 0) is 7.05 Å². The molecule has 2 aromatic rings. The van der Waals surface area contributed by atoms with Gasteiger partial charge in [0, 0.05) is 7.05 Å². The summed E-state index contributed by atoms with van der Waals surface area (Å²) >= 11 is 0. The molecule has 3 rings (SSSR count). The molecule has 23 heavy (non-hydrogen) atoms. The molecule has 0 amide bonds. The van der Waals surface area contributed by atoms with E-state index in [2.05, 4.69) is 0 Å². The summed E-state index contributed by atoms with van der Waals surface area (Å²) in [6.45, 7) is 0.142. The van der Waals surface area contributed by atoms with E-state index in [0.29, 0.717) is 17.1 Å². The van der Waals surface area contributed by atoms with Crippen molar-refractivity contribution in [2.45, 2.75) is 0 Å². The molecule has 2 heterocycles. The molecule has 0 spiro atoms. The van der Waals surface area contributed by atoms with Crippen molar-refractivity contribution in [3.63, 3.8) is 0 Å². The van der Waals surface area contributed by atoms with E-state index in [0.717, 1.165) is 10.6 Å². The first-order valence-corrected chi connectivity index (χ1v) is 6.61. The minimum atomic E-state index is -0.939. The van der Waals surface area contributed by atoms with E-state index in [1.54, 1.807) is 18.2 Å². The third-order valence-corrected chi connectivity index (χ3v) is 3.36. The lowest BCUT2D eigenvalue weighted by atomic mass is 10.1. The van der Waals surface area contributed by atoms with E-state index >= 15 is 0 Å². The molecule has 1 aliphatic heterocycles. The number of aromatic hydroxyl groups is 1. The number of H-pyrrole nitrogens is 1. The quantitative estimate of drug-likeness (QED) is 0.626. The van der Waals surface area contributed by atoms with E-state index in [9.17, 15) is 19.5 Å². The molecule has 0 aliphatic carbocycles. The van der Waals surface area contributed by atoms with E-state index in [1.165, 1.54) is 13.1 Å². The Morgan fingerprint density at radius 2 is 2.04 bits per heavy atom. The number of aromatic amines is 1. The fraction of sp³-hybridized carbons (Fsp3) is 0.133. The minimum Gasteiger partial charge on any atom is -0.494 e. The molecule has 1 aromatic carbocycles. The molecule has 1 aliphatic rings. The van der Waals surface area contributed by atoms with Gasteiger partial charge in [0.1, 0.15) is 5.56 Å². The van der Waals surface area contributed by atoms with Gasteiger partial charge in [-0.1, -0.05) is 12.1 Å². The lowest BCUT2D eigenvalue weighted by Crippen LogP contribution is -2.32. The van der Waals surface area contributed by atoms with Crippen LogP contribution in [-0.4, -0.2) is 27.2 Å². The first kappa shape index (κ1) is 14.6. The second kappa shape index (κ2) is 5.48. The van der Waals surface area contributed by atoms with Gasteiger partial charge in [-0.3, -0.25) is 19.1 Å². The fourth-order valence-electron chi connectivity index (χ4n) is 2.10. The Hall–Kier alpha value is -3.29. The lowest BCUT2D eigenvalue weighted by molar-refractivity contribution is 0.104. The molecule has 118 valence electrons. The number of carbonyl (C=O) groups excluding carboxylic acids is 1. The second-order valence-corrected chi connectivity index (χ2v) is 4.83. The van der Waals surface area contributed by atoms with Gasteiger partial charge in [-0.15, -0.1) is 0 Å². The normalized spacial score (nSPS) is 12.7. The number of allylic oxidation sites excluding steroid dienone is 1. The third-order valence-electron chi connectivity index (χ3n) is 3.36. The summed E-state index contributed by atoms with van der Waals surface area (Å²) in [5, 5.41) is 9.81. The zero-order valence-corrected chi connectivity index (χ0v) is 12.0. The number of nitrogens with one attached hydrogen (secondary N) is 1. The Morgan fingerprint density at radius 1 is 1.30 bits per heavy atom. The summed E-state index contributed by atoms with van der Waals surface area (Å²) in [6.07, 6.45) is 2.60. The van der Waals surface area contributed by atoms with Crippen molar-refractivity contribution in [2.75, 3.05) is 6.79 Å². The molecule has 8 heteroatoms. The number of ketones is 1. The van der Waals surface area contributed by atoms with Crippen molar-refractivity contribution in [2.24, 2.45) is 7.05 Å². The summed E-state index contributed by atoms with van der Waals surface area (Å²) in [5.41, 5.74) is -1.58. The van der Waals surface area contributed by atoms with E-state index < -0.39 is 28.5 Å². The Bertz CT molecular complexity index is 938. The predicted octanol–water partition coefficient (Wildman–Crippen LogP) is 0.404. The number of nitrogens with zero attached hydrogens (tertiary/aromatic N) is 1. The summed E-state index contributed by atoms with van der Waals surface area (Å²) in [6, 6.07) is 5.09. The highest BCUT2D eigenvalue weighted by Gasteiger charge is 2.17. The van der Waals surface area contributed by atoms with E-state index in [4.69, 9.17) is 9.47 Å². The Kier molecular flexibility index (Phi) is 3.49. The molecular formula is C15H12N2O6. The smallest absolute Gasteiger partial charge is 0.330 e. The number of aromatic nitrogens is 2. The summed E-state index contributed by atoms with van der Waals surface area (Å²) in [4.78, 5) is 37.1. The Labute approximate surface area is 129 Å². The van der Waals surface area contributed by atoms with Crippen LogP contribution in [0.15, 0.2) is 33.9 Å². The maximum absolute atomic E-state index is 12.1. The highest BCUT2D eigenvalue weighted by molar-refractivity contribution is 6.08. The van der Waals surface area contributed by atoms with E-state index in [1.807, 2.05) is 4.98 Å². The molecule has 0 radical (unpaired) electrons. The van der Waals surface area contributed by atoms with Crippen LogP contribution in [0.25, 0.3) is 6.08 Å². The summed E-state index contributed by atoms with van der Waals surface area (Å²) in [5.74, 6) is -0.237. The van der Waals surface area contributed by atoms with Crippen LogP contribution in [0.2, 0.25) is 0 Å². The summed E-state index contributed by atoms with van der Waals surface area (Å²) < 4.78 is 11.2. The van der Waals surface area contributed by atoms with Crippen LogP contribution in [0, 0.1) is 0 Å². The molecule has 0 fully saturated rings. The number of benzene rings is 1. The zero-order valence-electron chi connectivity index (χ0n) is 12.0. The molecule has 1 aromatic heterocycles. The van der Waals surface area contributed by atoms with Gasteiger partial charge in [0.05, 0.1) is 0 Å². The van der Waals surface area contributed by atoms with Crippen molar-refractivity contribution in [1.82, 2.24) is 9.55 Å². The molecule has 0 bridgehead atoms. The molecule has 0 atom stereocenters. The Balaban J connectivity index is 1.92. The number of hydrogen-bond acceptors (Lipinski definition) is 6. The monoisotopic (exact) mass is 316 g/mol. The van der Waals surface area contributed by atoms with Gasteiger partial charge >= 0.3 is 5.69 Å². The SMILES string of the molecule is Cn1c(O)c(C(=O)/C=C/c2ccc3c(c2)OCO3)c(=O)[nH]c1=O. The van der Waals surface area contributed by atoms with Crippen LogP contribution in [0.5, 0.6) is 17.4 Å². The zero-order chi connectivity index (χ0) is 16.6. The van der Waals surface area contributed by atoms with Crippen molar-refractivity contribution in [3.05, 3.63) is 56.2 Å². The average Bonchev–Trinajstić information content (AvgIpc) is 2.98. The molecule has 2 N–H and O–H groups in total. The third kappa shape index (κ3) is 2.61. The van der Waals surface area contributed by atoms with Crippen LogP contribution in [0.3, 0.4) is 0 Å². The maximum atomic E-state index is 12.1. The number of carbonyl (C=O) groups is 1. The predicted molar refractivity (Wildman–Crippen MR) is 79.9 cm³/mol. The van der Waals surface area contributed by atoms with Crippen molar-refractivity contribution >= 4 is 11.9 Å². The van der Waals surface area contributed by atoms with Gasteiger partial charge in [0.15, 0.2) is 17.3 Å². The van der Waals surface area contributed by atoms with Crippen molar-refractivity contribution in [1.29, 1.82) is 0 Å². The fourth-order valence-corrected chi connectivity index (χ4v) is 2.10. The van der Waals surface area contributed by atoms with Gasteiger partial charge in [-0.2, -0.15) is 0 Å². The van der Waals surface area contributed by atoms with Crippen LogP contribution in [0.1, 0.15) is 15.9 Å². The van der Waals surface area contributed by atoms with Crippen molar-refractivity contribution in [3.8, 4) is 17.4 Å². The van der Waals surface area contributed by atoms with Gasteiger partial charge in [0.25, 0.3) is 5.56 Å². The van der Waals surface area contributed by atoms with Gasteiger partial charge < -0.3 is 14.6 Å². The number of fused-ring (bicyclic) bond motifs is 1. The lowest BCUT2D eigenvalue weighted by Gasteiger charge is -2.04. The first-order valence-electron chi connectivity index (χ1n) is 6.61. The van der Waals surface area contributed by atoms with Gasteiger partial charge in [-0.25, -0.2) is 4.79 Å². The number of ether oxygens (including phenoxy) is 2. The molecule has 0 saturated heterocycles.